The van der Waals surface area contributed by atoms with Crippen LogP contribution >= 0.6 is 11.3 Å². The minimum Gasteiger partial charge on any atom is -0.497 e. The molecule has 0 aliphatic rings. The lowest BCUT2D eigenvalue weighted by molar-refractivity contribution is -0.142. The van der Waals surface area contributed by atoms with Gasteiger partial charge in [-0.2, -0.15) is 0 Å². The predicted octanol–water partition coefficient (Wildman–Crippen LogP) is 2.98. The third kappa shape index (κ3) is 5.56. The van der Waals surface area contributed by atoms with Crippen molar-refractivity contribution in [3.05, 3.63) is 35.3 Å². The summed E-state index contributed by atoms with van der Waals surface area (Å²) >= 11 is 1.44. The van der Waals surface area contributed by atoms with Gasteiger partial charge in [0.25, 0.3) is 0 Å². The minimum absolute atomic E-state index is 0.0579. The molecule has 1 aromatic carbocycles. The highest BCUT2D eigenvalue weighted by Crippen LogP contribution is 2.27. The minimum atomic E-state index is -1.02. The van der Waals surface area contributed by atoms with Crippen molar-refractivity contribution in [2.75, 3.05) is 7.11 Å². The lowest BCUT2D eigenvalue weighted by atomic mass is 10.0. The number of hydrogen-bond donors (Lipinski definition) is 2. The first kappa shape index (κ1) is 18.9. The van der Waals surface area contributed by atoms with Gasteiger partial charge in [-0.3, -0.25) is 4.79 Å². The van der Waals surface area contributed by atoms with E-state index in [2.05, 4.69) is 10.3 Å². The van der Waals surface area contributed by atoms with Crippen molar-refractivity contribution in [3.8, 4) is 16.3 Å². The van der Waals surface area contributed by atoms with Gasteiger partial charge in [0.05, 0.1) is 19.2 Å². The first-order chi connectivity index (χ1) is 11.9. The van der Waals surface area contributed by atoms with E-state index in [9.17, 15) is 14.7 Å². The van der Waals surface area contributed by atoms with Gasteiger partial charge < -0.3 is 15.2 Å². The van der Waals surface area contributed by atoms with Crippen molar-refractivity contribution in [2.45, 2.75) is 32.7 Å². The van der Waals surface area contributed by atoms with E-state index in [1.807, 2.05) is 43.5 Å². The highest BCUT2D eigenvalue weighted by molar-refractivity contribution is 7.13. The maximum Gasteiger partial charge on any atom is 0.326 e. The van der Waals surface area contributed by atoms with Gasteiger partial charge >= 0.3 is 5.97 Å². The van der Waals surface area contributed by atoms with Crippen LogP contribution in [-0.4, -0.2) is 35.1 Å². The third-order valence-electron chi connectivity index (χ3n) is 3.55. The largest absolute Gasteiger partial charge is 0.497 e. The van der Waals surface area contributed by atoms with Gasteiger partial charge in [-0.1, -0.05) is 26.0 Å². The Morgan fingerprint density at radius 3 is 2.76 bits per heavy atom. The van der Waals surface area contributed by atoms with Crippen LogP contribution in [0.2, 0.25) is 0 Å². The van der Waals surface area contributed by atoms with Gasteiger partial charge in [0.15, 0.2) is 0 Å². The predicted molar refractivity (Wildman–Crippen MR) is 96.8 cm³/mol. The van der Waals surface area contributed by atoms with E-state index in [0.29, 0.717) is 12.1 Å². The second-order valence-electron chi connectivity index (χ2n) is 6.14. The van der Waals surface area contributed by atoms with Crippen LogP contribution in [0.3, 0.4) is 0 Å². The van der Waals surface area contributed by atoms with E-state index in [-0.39, 0.29) is 18.2 Å². The number of hydrogen-bond acceptors (Lipinski definition) is 5. The molecule has 0 radical (unpaired) electrons. The summed E-state index contributed by atoms with van der Waals surface area (Å²) in [6.45, 7) is 3.84. The van der Waals surface area contributed by atoms with Crippen molar-refractivity contribution in [2.24, 2.45) is 5.92 Å². The van der Waals surface area contributed by atoms with E-state index in [1.54, 1.807) is 7.11 Å². The fraction of sp³-hybridized carbons (Fsp3) is 0.389. The summed E-state index contributed by atoms with van der Waals surface area (Å²) in [7, 11) is 1.60. The number of nitrogens with one attached hydrogen (secondary N) is 1. The monoisotopic (exact) mass is 362 g/mol. The molecule has 1 amide bonds. The highest BCUT2D eigenvalue weighted by atomic mass is 32.1. The molecule has 0 spiro atoms. The quantitative estimate of drug-likeness (QED) is 0.754. The lowest BCUT2D eigenvalue weighted by Crippen LogP contribution is -2.42. The number of carboxylic acid groups (broad SMARTS) is 1. The summed E-state index contributed by atoms with van der Waals surface area (Å²) in [6, 6.07) is 6.67. The van der Waals surface area contributed by atoms with Gasteiger partial charge in [-0.05, 0) is 24.5 Å². The number of aromatic nitrogens is 1. The summed E-state index contributed by atoms with van der Waals surface area (Å²) in [5.41, 5.74) is 1.54. The molecule has 0 bridgehead atoms. The summed E-state index contributed by atoms with van der Waals surface area (Å²) in [6.07, 6.45) is 0.454. The second-order valence-corrected chi connectivity index (χ2v) is 7.00. The van der Waals surface area contributed by atoms with Gasteiger partial charge in [0.1, 0.15) is 16.8 Å². The number of carbonyl (C=O) groups excluding carboxylic acids is 1. The van der Waals surface area contributed by atoms with Crippen LogP contribution in [0.4, 0.5) is 0 Å². The summed E-state index contributed by atoms with van der Waals surface area (Å²) < 4.78 is 5.20. The van der Waals surface area contributed by atoms with Crippen molar-refractivity contribution < 1.29 is 19.4 Å². The molecule has 25 heavy (non-hydrogen) atoms. The van der Waals surface area contributed by atoms with Crippen LogP contribution in [0.25, 0.3) is 10.6 Å². The molecule has 7 heteroatoms. The van der Waals surface area contributed by atoms with E-state index in [1.165, 1.54) is 11.3 Å². The van der Waals surface area contributed by atoms with E-state index >= 15 is 0 Å². The lowest BCUT2D eigenvalue weighted by Gasteiger charge is -2.16. The van der Waals surface area contributed by atoms with Gasteiger partial charge in [0, 0.05) is 10.9 Å². The summed E-state index contributed by atoms with van der Waals surface area (Å²) in [5.74, 6) is -0.432. The Kier molecular flexibility index (Phi) is 6.52. The molecule has 0 fully saturated rings. The Balaban J connectivity index is 2.02. The number of methoxy groups -OCH3 is 1. The maximum atomic E-state index is 12.1. The topological polar surface area (TPSA) is 88.5 Å². The molecule has 0 aliphatic heterocycles. The molecule has 0 aliphatic carbocycles. The standard InChI is InChI=1S/C18H22N2O4S/c1-11(2)7-15(18(22)23)20-16(21)9-13-10-25-17(19-13)12-5-4-6-14(8-12)24-3/h4-6,8,10-11,15H,7,9H2,1-3H3,(H,20,21)(H,22,23)/t15-/m0/s1. The number of ether oxygens (including phenoxy) is 1. The highest BCUT2D eigenvalue weighted by Gasteiger charge is 2.21. The number of rotatable bonds is 8. The normalized spacial score (nSPS) is 12.0. The average molecular weight is 362 g/mol. The first-order valence-corrected chi connectivity index (χ1v) is 8.88. The Labute approximate surface area is 150 Å². The zero-order valence-corrected chi connectivity index (χ0v) is 15.3. The molecule has 2 rings (SSSR count). The molecule has 6 nitrogen and oxygen atoms in total. The SMILES string of the molecule is COc1cccc(-c2nc(CC(=O)N[C@@H](CC(C)C)C(=O)O)cs2)c1. The molecule has 2 aromatic rings. The molecule has 2 N–H and O–H groups in total. The maximum absolute atomic E-state index is 12.1. The molecular weight excluding hydrogens is 340 g/mol. The van der Waals surface area contributed by atoms with Crippen molar-refractivity contribution in [1.29, 1.82) is 0 Å². The number of benzene rings is 1. The van der Waals surface area contributed by atoms with E-state index in [4.69, 9.17) is 4.74 Å². The Morgan fingerprint density at radius 2 is 2.12 bits per heavy atom. The number of carboxylic acids is 1. The van der Waals surface area contributed by atoms with Crippen molar-refractivity contribution in [1.82, 2.24) is 10.3 Å². The van der Waals surface area contributed by atoms with Gasteiger partial charge in [-0.15, -0.1) is 11.3 Å². The van der Waals surface area contributed by atoms with Crippen LogP contribution in [0.15, 0.2) is 29.6 Å². The van der Waals surface area contributed by atoms with Crippen LogP contribution in [0.1, 0.15) is 26.0 Å². The Bertz CT molecular complexity index is 742. The molecule has 0 unspecified atom stereocenters. The fourth-order valence-electron chi connectivity index (χ4n) is 2.38. The van der Waals surface area contributed by atoms with Crippen molar-refractivity contribution >= 4 is 23.2 Å². The first-order valence-electron chi connectivity index (χ1n) is 8.00. The van der Waals surface area contributed by atoms with Crippen LogP contribution < -0.4 is 10.1 Å². The molecule has 134 valence electrons. The molecular formula is C18H22N2O4S. The van der Waals surface area contributed by atoms with E-state index in [0.717, 1.165) is 16.3 Å². The number of amides is 1. The molecule has 1 aromatic heterocycles. The van der Waals surface area contributed by atoms with Crippen LogP contribution in [0, 0.1) is 5.92 Å². The number of carbonyl (C=O) groups is 2. The second kappa shape index (κ2) is 8.62. The number of nitrogens with zero attached hydrogens (tertiary/aromatic N) is 1. The van der Waals surface area contributed by atoms with E-state index < -0.39 is 12.0 Å². The van der Waals surface area contributed by atoms with Gasteiger partial charge in [0.2, 0.25) is 5.91 Å². The average Bonchev–Trinajstić information content (AvgIpc) is 3.02. The Hall–Kier alpha value is -2.41. The smallest absolute Gasteiger partial charge is 0.326 e. The third-order valence-corrected chi connectivity index (χ3v) is 4.49. The fourth-order valence-corrected chi connectivity index (χ4v) is 3.20. The molecule has 1 atom stereocenters. The molecule has 0 saturated carbocycles. The molecule has 0 saturated heterocycles. The zero-order valence-electron chi connectivity index (χ0n) is 14.5. The van der Waals surface area contributed by atoms with Crippen molar-refractivity contribution in [3.63, 3.8) is 0 Å². The molecule has 1 heterocycles. The summed E-state index contributed by atoms with van der Waals surface area (Å²) in [4.78, 5) is 27.8. The summed E-state index contributed by atoms with van der Waals surface area (Å²) in [5, 5.41) is 14.4. The Morgan fingerprint density at radius 1 is 1.36 bits per heavy atom. The van der Waals surface area contributed by atoms with Gasteiger partial charge in [-0.25, -0.2) is 9.78 Å². The number of aliphatic carboxylic acids is 1. The number of thiazole rings is 1. The van der Waals surface area contributed by atoms with Crippen LogP contribution in [-0.2, 0) is 16.0 Å². The van der Waals surface area contributed by atoms with Crippen LogP contribution in [0.5, 0.6) is 5.75 Å². The zero-order chi connectivity index (χ0) is 18.4.